The second-order valence-electron chi connectivity index (χ2n) is 1.31. The van der Waals surface area contributed by atoms with Crippen LogP contribution in [0.15, 0.2) is 0 Å². The Kier molecular flexibility index (Phi) is 4.45. The molecule has 0 aliphatic heterocycles. The molecule has 0 spiro atoms. The molecule has 10 nitrogen and oxygen atoms in total. The summed E-state index contributed by atoms with van der Waals surface area (Å²) in [6, 6.07) is 0. The number of rotatable bonds is 5. The fourth-order valence-corrected chi connectivity index (χ4v) is 1.73. The quantitative estimate of drug-likeness (QED) is 0.330. The Morgan fingerprint density at radius 1 is 1.00 bits per heavy atom. The van der Waals surface area contributed by atoms with E-state index in [1.54, 1.807) is 0 Å². The van der Waals surface area contributed by atoms with Crippen LogP contribution in [0.5, 0.6) is 0 Å². The van der Waals surface area contributed by atoms with Gasteiger partial charge in [0.2, 0.25) is 0 Å². The maximum atomic E-state index is 10.7. The second kappa shape index (κ2) is 4.40. The van der Waals surface area contributed by atoms with E-state index < -0.39 is 15.6 Å². The summed E-state index contributed by atoms with van der Waals surface area (Å²) in [7, 11) is -9.21. The van der Waals surface area contributed by atoms with E-state index in [-0.39, 0.29) is 0 Å². The van der Waals surface area contributed by atoms with Crippen molar-refractivity contribution in [1.29, 1.82) is 0 Å². The Morgan fingerprint density at radius 2 is 1.42 bits per heavy atom. The average Bonchev–Trinajstić information content (AvgIpc) is 2.04. The summed E-state index contributed by atoms with van der Waals surface area (Å²) in [6.07, 6.45) is 0. The highest BCUT2D eigenvalue weighted by atomic mass is 31.3. The Labute approximate surface area is 66.6 Å². The smallest absolute Gasteiger partial charge is 0.301 e. The summed E-state index contributed by atoms with van der Waals surface area (Å²) in [5.41, 5.74) is 0. The lowest BCUT2D eigenvalue weighted by Gasteiger charge is -2.13. The number of nitrogens with two attached hydrogens (primary N) is 3. The molecule has 0 rings (SSSR count). The monoisotopic (exact) mass is 223 g/mol. The molecule has 0 aromatic rings. The largest absolute Gasteiger partial charge is 0.516 e. The van der Waals surface area contributed by atoms with Crippen LogP contribution in [0.2, 0.25) is 0 Å². The molecule has 0 radical (unpaired) electrons. The van der Waals surface area contributed by atoms with E-state index in [0.29, 0.717) is 0 Å². The van der Waals surface area contributed by atoms with Gasteiger partial charge in [0.1, 0.15) is 0 Å². The van der Waals surface area contributed by atoms with Gasteiger partial charge >= 0.3 is 15.6 Å². The Hall–Kier alpha value is 0.140. The maximum Gasteiger partial charge on any atom is 0.516 e. The molecule has 0 fully saturated rings. The summed E-state index contributed by atoms with van der Waals surface area (Å²) in [6.45, 7) is 0. The zero-order valence-corrected chi connectivity index (χ0v) is 7.31. The summed E-state index contributed by atoms with van der Waals surface area (Å²) in [4.78, 5) is 8.46. The van der Waals surface area contributed by atoms with Crippen molar-refractivity contribution in [3.63, 3.8) is 0 Å². The minimum absolute atomic E-state index is 3.38. The van der Waals surface area contributed by atoms with E-state index in [1.165, 1.54) is 0 Å². The molecule has 0 saturated heterocycles. The molecule has 12 heteroatoms. The van der Waals surface area contributed by atoms with Crippen LogP contribution in [0.25, 0.3) is 0 Å². The van der Waals surface area contributed by atoms with Crippen molar-refractivity contribution in [2.24, 2.45) is 17.7 Å². The van der Waals surface area contributed by atoms with Crippen molar-refractivity contribution in [3.8, 4) is 0 Å². The van der Waals surface area contributed by atoms with Crippen LogP contribution in [0, 0.1) is 0 Å². The van der Waals surface area contributed by atoms with E-state index in [0.717, 1.165) is 0 Å². The van der Waals surface area contributed by atoms with Gasteiger partial charge in [0, 0.05) is 0 Å². The molecule has 0 amide bonds. The third-order valence-corrected chi connectivity index (χ3v) is 3.00. The van der Waals surface area contributed by atoms with Gasteiger partial charge in [-0.2, -0.15) is 13.6 Å². The zero-order chi connectivity index (χ0) is 9.83. The van der Waals surface area contributed by atoms with Crippen molar-refractivity contribution in [2.75, 3.05) is 0 Å². The highest BCUT2D eigenvalue weighted by molar-refractivity contribution is 7.61. The van der Waals surface area contributed by atoms with Crippen LogP contribution in [0.3, 0.4) is 0 Å². The van der Waals surface area contributed by atoms with Gasteiger partial charge < -0.3 is 4.89 Å². The summed E-state index contributed by atoms with van der Waals surface area (Å²) in [5.74, 6) is 13.0. The molecule has 74 valence electrons. The molecule has 0 aliphatic rings. The fraction of sp³-hybridized carbons (Fsp3) is 0. The predicted octanol–water partition coefficient (Wildman–Crippen LogP) is -1.12. The van der Waals surface area contributed by atoms with Crippen molar-refractivity contribution >= 4 is 15.6 Å². The minimum atomic E-state index is -4.72. The SMILES string of the molecule is NOP(=O)(O)OP(=O)(ON)ON. The van der Waals surface area contributed by atoms with Crippen LogP contribution in [0.1, 0.15) is 0 Å². The molecular weight excluding hydrogens is 216 g/mol. The van der Waals surface area contributed by atoms with Gasteiger partial charge in [-0.15, -0.1) is 0 Å². The van der Waals surface area contributed by atoms with Crippen molar-refractivity contribution in [1.82, 2.24) is 0 Å². The topological polar surface area (TPSA) is 169 Å². The van der Waals surface area contributed by atoms with Gasteiger partial charge in [-0.05, 0) is 0 Å². The molecule has 1 atom stereocenters. The van der Waals surface area contributed by atoms with Gasteiger partial charge in [0.05, 0.1) is 0 Å². The molecule has 0 aromatic carbocycles. The molecule has 0 bridgehead atoms. The zero-order valence-electron chi connectivity index (χ0n) is 5.52. The Morgan fingerprint density at radius 3 is 1.67 bits per heavy atom. The molecule has 12 heavy (non-hydrogen) atoms. The third-order valence-electron chi connectivity index (χ3n) is 0.595. The normalized spacial score (nSPS) is 17.3. The molecule has 0 aliphatic carbocycles. The highest BCUT2D eigenvalue weighted by Crippen LogP contribution is 2.60. The van der Waals surface area contributed by atoms with Gasteiger partial charge in [0.15, 0.2) is 0 Å². The van der Waals surface area contributed by atoms with Crippen LogP contribution < -0.4 is 17.7 Å². The number of hydrogen-bond acceptors (Lipinski definition) is 9. The van der Waals surface area contributed by atoms with Gasteiger partial charge in [-0.3, -0.25) is 0 Å². The molecule has 0 aromatic heterocycles. The molecule has 7 N–H and O–H groups in total. The van der Waals surface area contributed by atoms with E-state index in [9.17, 15) is 9.13 Å². The first-order valence-electron chi connectivity index (χ1n) is 2.19. The lowest BCUT2D eigenvalue weighted by molar-refractivity contribution is 0.128. The molecule has 0 saturated carbocycles. The first-order chi connectivity index (χ1) is 5.39. The van der Waals surface area contributed by atoms with Gasteiger partial charge in [-0.25, -0.2) is 31.4 Å². The van der Waals surface area contributed by atoms with Crippen LogP contribution >= 0.6 is 15.6 Å². The summed E-state index contributed by atoms with van der Waals surface area (Å²) >= 11 is 0. The predicted molar refractivity (Wildman–Crippen MR) is 34.3 cm³/mol. The van der Waals surface area contributed by atoms with E-state index in [2.05, 4.69) is 35.9 Å². The van der Waals surface area contributed by atoms with Gasteiger partial charge in [-0.1, -0.05) is 0 Å². The van der Waals surface area contributed by atoms with Crippen LogP contribution in [-0.2, 0) is 27.3 Å². The Bertz CT molecular complexity index is 217. The minimum Gasteiger partial charge on any atom is -0.301 e. The van der Waals surface area contributed by atoms with E-state index >= 15 is 0 Å². The molecule has 1 unspecified atom stereocenters. The first kappa shape index (κ1) is 12.1. The lowest BCUT2D eigenvalue weighted by atomic mass is 13.6. The summed E-state index contributed by atoms with van der Waals surface area (Å²) in [5, 5.41) is 0. The standard InChI is InChI=1S/H7N3O7P2/c1-7-11(4,5)10-12(6,8-2)9-3/h1-3H2,(H,4,5). The van der Waals surface area contributed by atoms with Crippen LogP contribution in [-0.4, -0.2) is 4.89 Å². The first-order valence-corrected chi connectivity index (χ1v) is 5.14. The fourth-order valence-electron chi connectivity index (χ4n) is 0.209. The highest BCUT2D eigenvalue weighted by Gasteiger charge is 2.37. The van der Waals surface area contributed by atoms with Crippen molar-refractivity contribution in [2.45, 2.75) is 0 Å². The lowest BCUT2D eigenvalue weighted by Crippen LogP contribution is -2.08. The number of phosphoric acid groups is 2. The van der Waals surface area contributed by atoms with Gasteiger partial charge in [0.25, 0.3) is 0 Å². The van der Waals surface area contributed by atoms with E-state index in [4.69, 9.17) is 4.89 Å². The summed E-state index contributed by atoms with van der Waals surface area (Å²) < 4.78 is 35.4. The molecular formula is H7N3O7P2. The maximum absolute atomic E-state index is 10.7. The third kappa shape index (κ3) is 3.70. The average molecular weight is 223 g/mol. The molecule has 0 heterocycles. The van der Waals surface area contributed by atoms with Crippen LogP contribution in [0.4, 0.5) is 0 Å². The van der Waals surface area contributed by atoms with E-state index in [1.807, 2.05) is 0 Å². The van der Waals surface area contributed by atoms with Crippen molar-refractivity contribution in [3.05, 3.63) is 0 Å². The number of hydrogen-bond donors (Lipinski definition) is 4. The Balaban J connectivity index is 4.42. The second-order valence-corrected chi connectivity index (χ2v) is 4.43. The van der Waals surface area contributed by atoms with Crippen molar-refractivity contribution < 1.29 is 32.2 Å².